The lowest BCUT2D eigenvalue weighted by atomic mass is 9.97. The van der Waals surface area contributed by atoms with Crippen molar-refractivity contribution in [2.75, 3.05) is 0 Å². The summed E-state index contributed by atoms with van der Waals surface area (Å²) in [5, 5.41) is 0. The van der Waals surface area contributed by atoms with Crippen molar-refractivity contribution >= 4 is 0 Å². The van der Waals surface area contributed by atoms with Crippen LogP contribution < -0.4 is 0 Å². The number of hydrogen-bond acceptors (Lipinski definition) is 0. The van der Waals surface area contributed by atoms with Gasteiger partial charge in [-0.3, -0.25) is 0 Å². The number of hydrogen-bond donors (Lipinski definition) is 0. The van der Waals surface area contributed by atoms with Gasteiger partial charge in [-0.1, -0.05) is 0 Å². The van der Waals surface area contributed by atoms with E-state index in [0.717, 1.165) is 0 Å². The summed E-state index contributed by atoms with van der Waals surface area (Å²) in [7, 11) is 0. The summed E-state index contributed by atoms with van der Waals surface area (Å²) in [5.41, 5.74) is 0. The van der Waals surface area contributed by atoms with Crippen molar-refractivity contribution in [3.8, 4) is 0 Å². The molecule has 0 saturated carbocycles. The highest BCUT2D eigenvalue weighted by molar-refractivity contribution is 5.04. The molecule has 0 heterocycles. The van der Waals surface area contributed by atoms with Gasteiger partial charge in [-0.05, 0) is 6.92 Å². The van der Waals surface area contributed by atoms with Crippen molar-refractivity contribution in [2.24, 2.45) is 0 Å². The van der Waals surface area contributed by atoms with E-state index in [4.69, 9.17) is 0 Å². The molecule has 0 amide bonds. The third-order valence-corrected chi connectivity index (χ3v) is 1.86. The van der Waals surface area contributed by atoms with Gasteiger partial charge in [0, 0.05) is 6.42 Å². The fourth-order valence-corrected chi connectivity index (χ4v) is 0.733. The van der Waals surface area contributed by atoms with Gasteiger partial charge < -0.3 is 0 Å². The minimum absolute atomic E-state index is 2.16. The zero-order valence-electron chi connectivity index (χ0n) is 7.77. The first kappa shape index (κ1) is 16.3. The van der Waals surface area contributed by atoms with Crippen LogP contribution in [0.1, 0.15) is 6.42 Å². The molecule has 0 fully saturated rings. The van der Waals surface area contributed by atoms with Crippen LogP contribution in [0.3, 0.4) is 0 Å². The summed E-state index contributed by atoms with van der Waals surface area (Å²) in [6.45, 7) is 2.17. The molecule has 0 bridgehead atoms. The van der Waals surface area contributed by atoms with Gasteiger partial charge in [0.05, 0.1) is 0 Å². The fraction of sp³-hybridized carbons (Fsp3) is 0.857. The third kappa shape index (κ3) is 2.17. The molecule has 0 aliphatic heterocycles. The molecule has 0 aromatic carbocycles. The Balaban J connectivity index is 5.61. The number of alkyl halides is 10. The first-order chi connectivity index (χ1) is 7.25. The third-order valence-electron chi connectivity index (χ3n) is 1.86. The van der Waals surface area contributed by atoms with E-state index in [2.05, 4.69) is 6.92 Å². The largest absolute Gasteiger partial charge is 0.384 e. The van der Waals surface area contributed by atoms with Crippen molar-refractivity contribution in [3.05, 3.63) is 6.92 Å². The average molecular weight is 279 g/mol. The molecule has 0 unspecified atom stereocenters. The number of halogens is 10. The van der Waals surface area contributed by atoms with E-state index in [-0.39, 0.29) is 0 Å². The van der Waals surface area contributed by atoms with E-state index in [9.17, 15) is 43.9 Å². The normalized spacial score (nSPS) is 15.5. The molecule has 0 spiro atoms. The first-order valence-electron chi connectivity index (χ1n) is 3.84. The van der Waals surface area contributed by atoms with Crippen LogP contribution in [0.5, 0.6) is 0 Å². The Morgan fingerprint density at radius 2 is 1.12 bits per heavy atom. The van der Waals surface area contributed by atoms with Crippen LogP contribution in [0.2, 0.25) is 0 Å². The van der Waals surface area contributed by atoms with Gasteiger partial charge in [-0.2, -0.15) is 35.1 Å². The van der Waals surface area contributed by atoms with Crippen LogP contribution in [0.15, 0.2) is 0 Å². The summed E-state index contributed by atoms with van der Waals surface area (Å²) in [5.74, 6) is -25.8. The van der Waals surface area contributed by atoms with Crippen LogP contribution in [-0.4, -0.2) is 30.1 Å². The first-order valence-corrected chi connectivity index (χ1v) is 3.84. The quantitative estimate of drug-likeness (QED) is 0.667. The van der Waals surface area contributed by atoms with Gasteiger partial charge in [-0.15, -0.1) is 0 Å². The topological polar surface area (TPSA) is 0 Å². The van der Waals surface area contributed by atoms with E-state index >= 15 is 0 Å². The fourth-order valence-electron chi connectivity index (χ4n) is 0.733. The second kappa shape index (κ2) is 4.20. The molecule has 0 aliphatic rings. The highest BCUT2D eigenvalue weighted by Gasteiger charge is 2.82. The van der Waals surface area contributed by atoms with Gasteiger partial charge >= 0.3 is 30.1 Å². The smallest absolute Gasteiger partial charge is 0.203 e. The second-order valence-corrected chi connectivity index (χ2v) is 3.03. The molecule has 10 heteroatoms. The van der Waals surface area contributed by atoms with Crippen LogP contribution in [-0.2, 0) is 0 Å². The molecule has 0 aromatic heterocycles. The molecule has 0 rings (SSSR count). The average Bonchev–Trinajstić information content (AvgIpc) is 2.16. The maximum Gasteiger partial charge on any atom is 0.384 e. The van der Waals surface area contributed by atoms with E-state index in [0.29, 0.717) is 0 Å². The van der Waals surface area contributed by atoms with Crippen LogP contribution in [0.4, 0.5) is 43.9 Å². The van der Waals surface area contributed by atoms with Gasteiger partial charge in [0.15, 0.2) is 0 Å². The highest BCUT2D eigenvalue weighted by atomic mass is 19.4. The minimum Gasteiger partial charge on any atom is -0.203 e. The summed E-state index contributed by atoms with van der Waals surface area (Å²) in [6, 6.07) is 0. The molecule has 1 radical (unpaired) electrons. The standard InChI is InChI=1S/C7H5F10/c1-2-4(10,11)6(14,15)7(16,17)5(12,13)3(8)9/h3H,1-2H2. The molecular formula is C7H5F10. The van der Waals surface area contributed by atoms with E-state index in [1.165, 1.54) is 0 Å². The molecule has 0 aliphatic carbocycles. The van der Waals surface area contributed by atoms with Gasteiger partial charge in [0.2, 0.25) is 0 Å². The summed E-state index contributed by atoms with van der Waals surface area (Å²) >= 11 is 0. The van der Waals surface area contributed by atoms with Crippen molar-refractivity contribution < 1.29 is 43.9 Å². The zero-order valence-corrected chi connectivity index (χ0v) is 7.77. The molecule has 0 N–H and O–H groups in total. The van der Waals surface area contributed by atoms with Crippen LogP contribution >= 0.6 is 0 Å². The highest BCUT2D eigenvalue weighted by Crippen LogP contribution is 2.54. The molecule has 17 heavy (non-hydrogen) atoms. The van der Waals surface area contributed by atoms with Crippen molar-refractivity contribution in [3.63, 3.8) is 0 Å². The lowest BCUT2D eigenvalue weighted by Crippen LogP contribution is -2.64. The van der Waals surface area contributed by atoms with Crippen LogP contribution in [0, 0.1) is 6.92 Å². The molecule has 0 atom stereocenters. The predicted molar refractivity (Wildman–Crippen MR) is 35.8 cm³/mol. The van der Waals surface area contributed by atoms with E-state index in [1.807, 2.05) is 0 Å². The second-order valence-electron chi connectivity index (χ2n) is 3.03. The molecule has 0 nitrogen and oxygen atoms in total. The Labute approximate surface area is 88.6 Å². The predicted octanol–water partition coefficient (Wildman–Crippen LogP) is 4.02. The maximum absolute atomic E-state index is 12.5. The van der Waals surface area contributed by atoms with Gasteiger partial charge in [-0.25, -0.2) is 8.78 Å². The lowest BCUT2D eigenvalue weighted by molar-refractivity contribution is -0.382. The summed E-state index contributed by atoms with van der Waals surface area (Å²) < 4.78 is 122. The maximum atomic E-state index is 12.5. The number of rotatable bonds is 5. The van der Waals surface area contributed by atoms with Gasteiger partial charge in [0.25, 0.3) is 0 Å². The van der Waals surface area contributed by atoms with Crippen LogP contribution in [0.25, 0.3) is 0 Å². The molecule has 103 valence electrons. The van der Waals surface area contributed by atoms with Crippen molar-refractivity contribution in [2.45, 2.75) is 36.5 Å². The van der Waals surface area contributed by atoms with E-state index in [1.54, 1.807) is 0 Å². The Morgan fingerprint density at radius 3 is 1.35 bits per heavy atom. The Kier molecular flexibility index (Phi) is 4.03. The Hall–Kier alpha value is -0.700. The summed E-state index contributed by atoms with van der Waals surface area (Å²) in [4.78, 5) is 0. The SMILES string of the molecule is [CH2]CC(F)(F)C(F)(F)C(F)(F)C(F)(F)C(F)F. The molecule has 0 aromatic rings. The lowest BCUT2D eigenvalue weighted by Gasteiger charge is -2.35. The van der Waals surface area contributed by atoms with Gasteiger partial charge in [0.1, 0.15) is 0 Å². The van der Waals surface area contributed by atoms with E-state index < -0.39 is 36.5 Å². The molecule has 0 saturated heterocycles. The van der Waals surface area contributed by atoms with Crippen molar-refractivity contribution in [1.29, 1.82) is 0 Å². The Morgan fingerprint density at radius 1 is 0.765 bits per heavy atom. The summed E-state index contributed by atoms with van der Waals surface area (Å²) in [6.07, 6.45) is -7.38. The monoisotopic (exact) mass is 279 g/mol. The minimum atomic E-state index is -6.91. The Bertz CT molecular complexity index is 268. The molecular weight excluding hydrogens is 274 g/mol. The zero-order chi connectivity index (χ0) is 14.3. The van der Waals surface area contributed by atoms with Crippen molar-refractivity contribution in [1.82, 2.24) is 0 Å².